The molecular formula is C18H20O4. The first-order valence-electron chi connectivity index (χ1n) is 7.51. The average molecular weight is 300 g/mol. The van der Waals surface area contributed by atoms with Crippen LogP contribution >= 0.6 is 0 Å². The van der Waals surface area contributed by atoms with E-state index in [1.54, 1.807) is 19.2 Å². The second-order valence-electron chi connectivity index (χ2n) is 6.07. The van der Waals surface area contributed by atoms with Crippen LogP contribution in [0.4, 0.5) is 0 Å². The van der Waals surface area contributed by atoms with Crippen molar-refractivity contribution in [3.05, 3.63) is 39.8 Å². The molecule has 2 heterocycles. The van der Waals surface area contributed by atoms with Gasteiger partial charge in [-0.15, -0.1) is 0 Å². The van der Waals surface area contributed by atoms with Crippen LogP contribution in [0.2, 0.25) is 0 Å². The summed E-state index contributed by atoms with van der Waals surface area (Å²) in [6, 6.07) is 3.33. The molecule has 4 nitrogen and oxygen atoms in total. The average Bonchev–Trinajstić information content (AvgIpc) is 2.44. The van der Waals surface area contributed by atoms with Crippen LogP contribution in [0.3, 0.4) is 0 Å². The van der Waals surface area contributed by atoms with E-state index in [0.717, 1.165) is 35.1 Å². The standard InChI is InChI=1S/C18H20O4/c1-5-6-11-9-15(19)21-14-10-13(20-4)12-7-8-18(2,3)22-17(12)16(11)14/h7-10H,5-6H2,1-4H3. The van der Waals surface area contributed by atoms with E-state index in [9.17, 15) is 4.79 Å². The maximum absolute atomic E-state index is 11.8. The SMILES string of the molecule is CCCc1cc(=O)oc2cc(OC)c3c(c12)OC(C)(C)C=C3. The minimum absolute atomic E-state index is 0.344. The predicted octanol–water partition coefficient (Wildman–Crippen LogP) is 3.94. The molecule has 0 amide bonds. The van der Waals surface area contributed by atoms with Crippen molar-refractivity contribution in [1.82, 2.24) is 0 Å². The second-order valence-corrected chi connectivity index (χ2v) is 6.07. The molecule has 0 bridgehead atoms. The normalized spacial score (nSPS) is 15.5. The molecule has 0 N–H and O–H groups in total. The summed E-state index contributed by atoms with van der Waals surface area (Å²) in [5.74, 6) is 1.38. The number of methoxy groups -OCH3 is 1. The van der Waals surface area contributed by atoms with Gasteiger partial charge in [0.15, 0.2) is 0 Å². The zero-order valence-corrected chi connectivity index (χ0v) is 13.4. The Labute approximate surface area is 129 Å². The fourth-order valence-corrected chi connectivity index (χ4v) is 2.84. The van der Waals surface area contributed by atoms with Crippen LogP contribution in [0, 0.1) is 0 Å². The molecule has 0 radical (unpaired) electrons. The molecule has 22 heavy (non-hydrogen) atoms. The van der Waals surface area contributed by atoms with Gasteiger partial charge in [0.25, 0.3) is 0 Å². The largest absolute Gasteiger partial charge is 0.496 e. The van der Waals surface area contributed by atoms with E-state index in [-0.39, 0.29) is 5.63 Å². The maximum atomic E-state index is 11.8. The van der Waals surface area contributed by atoms with Gasteiger partial charge in [-0.05, 0) is 38.0 Å². The summed E-state index contributed by atoms with van der Waals surface area (Å²) < 4.78 is 17.0. The lowest BCUT2D eigenvalue weighted by atomic mass is 9.96. The third-order valence-corrected chi connectivity index (χ3v) is 3.83. The minimum atomic E-state index is -0.411. The lowest BCUT2D eigenvalue weighted by Gasteiger charge is -2.30. The Morgan fingerprint density at radius 1 is 1.27 bits per heavy atom. The highest BCUT2D eigenvalue weighted by atomic mass is 16.5. The maximum Gasteiger partial charge on any atom is 0.336 e. The Balaban J connectivity index is 2.41. The van der Waals surface area contributed by atoms with Crippen molar-refractivity contribution in [2.75, 3.05) is 7.11 Å². The lowest BCUT2D eigenvalue weighted by molar-refractivity contribution is 0.160. The van der Waals surface area contributed by atoms with Gasteiger partial charge in [0.2, 0.25) is 0 Å². The van der Waals surface area contributed by atoms with Crippen molar-refractivity contribution in [3.63, 3.8) is 0 Å². The molecular weight excluding hydrogens is 280 g/mol. The third-order valence-electron chi connectivity index (χ3n) is 3.83. The summed E-state index contributed by atoms with van der Waals surface area (Å²) in [4.78, 5) is 11.8. The fourth-order valence-electron chi connectivity index (χ4n) is 2.84. The number of fused-ring (bicyclic) bond motifs is 3. The molecule has 4 heteroatoms. The van der Waals surface area contributed by atoms with E-state index in [1.807, 2.05) is 26.0 Å². The van der Waals surface area contributed by atoms with Gasteiger partial charge < -0.3 is 13.9 Å². The quantitative estimate of drug-likeness (QED) is 0.806. The number of rotatable bonds is 3. The monoisotopic (exact) mass is 300 g/mol. The molecule has 0 spiro atoms. The Kier molecular flexibility index (Phi) is 3.47. The van der Waals surface area contributed by atoms with Crippen molar-refractivity contribution >= 4 is 17.0 Å². The van der Waals surface area contributed by atoms with Gasteiger partial charge >= 0.3 is 5.63 Å². The smallest absolute Gasteiger partial charge is 0.336 e. The summed E-state index contributed by atoms with van der Waals surface area (Å²) in [6.07, 6.45) is 5.76. The first-order valence-corrected chi connectivity index (χ1v) is 7.51. The first kappa shape index (κ1) is 14.7. The molecule has 1 aromatic carbocycles. The molecule has 0 fully saturated rings. The zero-order valence-electron chi connectivity index (χ0n) is 13.4. The molecule has 2 aromatic rings. The summed E-state index contributed by atoms with van der Waals surface area (Å²) in [5.41, 5.74) is 1.60. The molecule has 116 valence electrons. The summed E-state index contributed by atoms with van der Waals surface area (Å²) in [7, 11) is 1.60. The highest BCUT2D eigenvalue weighted by molar-refractivity contribution is 5.94. The lowest BCUT2D eigenvalue weighted by Crippen LogP contribution is -2.28. The second kappa shape index (κ2) is 5.20. The molecule has 0 unspecified atom stereocenters. The van der Waals surface area contributed by atoms with E-state index < -0.39 is 5.60 Å². The highest BCUT2D eigenvalue weighted by Crippen LogP contribution is 2.43. The molecule has 0 aliphatic carbocycles. The van der Waals surface area contributed by atoms with Crippen LogP contribution in [-0.2, 0) is 6.42 Å². The summed E-state index contributed by atoms with van der Waals surface area (Å²) >= 11 is 0. The van der Waals surface area contributed by atoms with Gasteiger partial charge in [-0.25, -0.2) is 4.79 Å². The van der Waals surface area contributed by atoms with Gasteiger partial charge in [0, 0.05) is 12.1 Å². The van der Waals surface area contributed by atoms with E-state index >= 15 is 0 Å². The molecule has 1 aromatic heterocycles. The number of hydrogen-bond acceptors (Lipinski definition) is 4. The minimum Gasteiger partial charge on any atom is -0.496 e. The van der Waals surface area contributed by atoms with E-state index in [0.29, 0.717) is 11.3 Å². The highest BCUT2D eigenvalue weighted by Gasteiger charge is 2.27. The molecule has 1 aliphatic heterocycles. The van der Waals surface area contributed by atoms with Gasteiger partial charge in [0.05, 0.1) is 18.1 Å². The Morgan fingerprint density at radius 3 is 2.73 bits per heavy atom. The van der Waals surface area contributed by atoms with Crippen LogP contribution in [-0.4, -0.2) is 12.7 Å². The summed E-state index contributed by atoms with van der Waals surface area (Å²) in [5, 5.41) is 0.870. The van der Waals surface area contributed by atoms with Crippen LogP contribution in [0.1, 0.15) is 38.3 Å². The van der Waals surface area contributed by atoms with E-state index in [1.165, 1.54) is 0 Å². The molecule has 3 rings (SSSR count). The molecule has 0 atom stereocenters. The number of aryl methyl sites for hydroxylation is 1. The number of ether oxygens (including phenoxy) is 2. The van der Waals surface area contributed by atoms with Gasteiger partial charge in [-0.3, -0.25) is 0 Å². The molecule has 0 saturated heterocycles. The first-order chi connectivity index (χ1) is 10.4. The van der Waals surface area contributed by atoms with Crippen LogP contribution in [0.5, 0.6) is 11.5 Å². The van der Waals surface area contributed by atoms with Crippen LogP contribution in [0.15, 0.2) is 27.4 Å². The summed E-state index contributed by atoms with van der Waals surface area (Å²) in [6.45, 7) is 6.08. The van der Waals surface area contributed by atoms with Crippen LogP contribution < -0.4 is 15.1 Å². The Hall–Kier alpha value is -2.23. The number of benzene rings is 1. The van der Waals surface area contributed by atoms with Crippen LogP contribution in [0.25, 0.3) is 17.0 Å². The Morgan fingerprint density at radius 2 is 2.05 bits per heavy atom. The Bertz CT molecular complexity index is 812. The van der Waals surface area contributed by atoms with Crippen molar-refractivity contribution in [1.29, 1.82) is 0 Å². The van der Waals surface area contributed by atoms with Gasteiger partial charge in [-0.2, -0.15) is 0 Å². The van der Waals surface area contributed by atoms with Crippen molar-refractivity contribution in [2.24, 2.45) is 0 Å². The number of hydrogen-bond donors (Lipinski definition) is 0. The predicted molar refractivity (Wildman–Crippen MR) is 86.8 cm³/mol. The topological polar surface area (TPSA) is 48.7 Å². The molecule has 0 saturated carbocycles. The third kappa shape index (κ3) is 2.39. The van der Waals surface area contributed by atoms with Crippen molar-refractivity contribution < 1.29 is 13.9 Å². The van der Waals surface area contributed by atoms with Crippen molar-refractivity contribution in [3.8, 4) is 11.5 Å². The van der Waals surface area contributed by atoms with E-state index in [2.05, 4.69) is 6.92 Å². The zero-order chi connectivity index (χ0) is 15.9. The van der Waals surface area contributed by atoms with Gasteiger partial charge in [-0.1, -0.05) is 13.3 Å². The van der Waals surface area contributed by atoms with Gasteiger partial charge in [0.1, 0.15) is 22.7 Å². The van der Waals surface area contributed by atoms with Crippen molar-refractivity contribution in [2.45, 2.75) is 39.2 Å². The van der Waals surface area contributed by atoms with E-state index in [4.69, 9.17) is 13.9 Å². The molecule has 1 aliphatic rings. The fraction of sp³-hybridized carbons (Fsp3) is 0.389.